The van der Waals surface area contributed by atoms with Crippen molar-refractivity contribution >= 4 is 35.0 Å². The van der Waals surface area contributed by atoms with Crippen molar-refractivity contribution in [3.63, 3.8) is 0 Å². The largest absolute Gasteiger partial charge is 0.481 e. The number of carbonyl (C=O) groups excluding carboxylic acids is 1. The maximum Gasteiger partial charge on any atom is 0.311 e. The Hall–Kier alpha value is -1.08. The van der Waals surface area contributed by atoms with E-state index in [1.165, 1.54) is 11.8 Å². The molecule has 1 aromatic heterocycles. The molecule has 7 heteroatoms. The summed E-state index contributed by atoms with van der Waals surface area (Å²) in [5.74, 6) is 0.303. The van der Waals surface area contributed by atoms with Gasteiger partial charge in [-0.15, -0.1) is 23.1 Å². The lowest BCUT2D eigenvalue weighted by molar-refractivity contribution is -0.147. The van der Waals surface area contributed by atoms with Crippen LogP contribution in [0.3, 0.4) is 0 Å². The molecule has 2 heterocycles. The minimum atomic E-state index is -0.821. The first kappa shape index (κ1) is 15.3. The van der Waals surface area contributed by atoms with Crippen molar-refractivity contribution in [3.05, 3.63) is 16.1 Å². The Bertz CT molecular complexity index is 517. The number of aryl methyl sites for hydroxylation is 1. The van der Waals surface area contributed by atoms with Crippen LogP contribution < -0.4 is 0 Å². The van der Waals surface area contributed by atoms with Crippen molar-refractivity contribution in [2.45, 2.75) is 26.0 Å². The van der Waals surface area contributed by atoms with Crippen molar-refractivity contribution in [3.8, 4) is 0 Å². The number of thiazole rings is 1. The lowest BCUT2D eigenvalue weighted by Crippen LogP contribution is -2.35. The van der Waals surface area contributed by atoms with Gasteiger partial charge in [-0.25, -0.2) is 4.98 Å². The summed E-state index contributed by atoms with van der Waals surface area (Å²) in [6.45, 7) is 4.52. The fraction of sp³-hybridized carbons (Fsp3) is 0.615. The second-order valence-corrected chi connectivity index (χ2v) is 7.33. The molecule has 1 aliphatic rings. The van der Waals surface area contributed by atoms with Gasteiger partial charge in [0.2, 0.25) is 5.91 Å². The number of hydrogen-bond acceptors (Lipinski definition) is 5. The van der Waals surface area contributed by atoms with E-state index in [0.717, 1.165) is 16.5 Å². The highest BCUT2D eigenvalue weighted by Gasteiger charge is 2.41. The third-order valence-corrected chi connectivity index (χ3v) is 5.26. The van der Waals surface area contributed by atoms with Crippen LogP contribution in [-0.2, 0) is 15.3 Å². The molecule has 1 fully saturated rings. The monoisotopic (exact) mass is 314 g/mol. The summed E-state index contributed by atoms with van der Waals surface area (Å²) in [6.07, 6.45) is 0.532. The Balaban J connectivity index is 1.77. The standard InChI is InChI=1S/C13H18N2O3S2/c1-9-14-10(6-20-9)5-19-7-11(16)15-4-3-13(2,8-15)12(17)18/h6H,3-5,7-8H2,1-2H3,(H,17,18). The van der Waals surface area contributed by atoms with Gasteiger partial charge >= 0.3 is 5.97 Å². The molecule has 0 spiro atoms. The molecule has 110 valence electrons. The van der Waals surface area contributed by atoms with Crippen LogP contribution in [0.2, 0.25) is 0 Å². The number of amides is 1. The zero-order chi connectivity index (χ0) is 14.8. The van der Waals surface area contributed by atoms with Crippen molar-refractivity contribution in [1.82, 2.24) is 9.88 Å². The maximum absolute atomic E-state index is 12.0. The van der Waals surface area contributed by atoms with Gasteiger partial charge in [-0.05, 0) is 20.3 Å². The van der Waals surface area contributed by atoms with Gasteiger partial charge < -0.3 is 10.0 Å². The van der Waals surface area contributed by atoms with Gasteiger partial charge in [-0.1, -0.05) is 0 Å². The van der Waals surface area contributed by atoms with Crippen molar-refractivity contribution < 1.29 is 14.7 Å². The average molecular weight is 314 g/mol. The first-order chi connectivity index (χ1) is 9.40. The quantitative estimate of drug-likeness (QED) is 0.900. The number of likely N-dealkylation sites (tertiary alicyclic amines) is 1. The molecule has 1 unspecified atom stereocenters. The lowest BCUT2D eigenvalue weighted by Gasteiger charge is -2.20. The predicted octanol–water partition coefficient (Wildman–Crippen LogP) is 2.01. The molecule has 1 N–H and O–H groups in total. The number of aromatic nitrogens is 1. The van der Waals surface area contributed by atoms with Crippen molar-refractivity contribution in [2.75, 3.05) is 18.8 Å². The minimum absolute atomic E-state index is 0.0203. The van der Waals surface area contributed by atoms with Crippen LogP contribution in [0, 0.1) is 12.3 Å². The van der Waals surface area contributed by atoms with Gasteiger partial charge in [0.1, 0.15) is 0 Å². The number of thioether (sulfide) groups is 1. The molecule has 0 saturated carbocycles. The normalized spacial score (nSPS) is 22.2. The van der Waals surface area contributed by atoms with E-state index in [1.54, 1.807) is 23.2 Å². The number of hydrogen-bond donors (Lipinski definition) is 1. The second-order valence-electron chi connectivity index (χ2n) is 5.28. The summed E-state index contributed by atoms with van der Waals surface area (Å²) in [5, 5.41) is 12.2. The molecule has 1 amide bonds. The van der Waals surface area contributed by atoms with E-state index in [1.807, 2.05) is 12.3 Å². The SMILES string of the molecule is Cc1nc(CSCC(=O)N2CCC(C)(C(=O)O)C2)cs1. The van der Waals surface area contributed by atoms with E-state index in [0.29, 0.717) is 25.3 Å². The van der Waals surface area contributed by atoms with Crippen LogP contribution in [0.4, 0.5) is 0 Å². The summed E-state index contributed by atoms with van der Waals surface area (Å²) >= 11 is 3.14. The Labute approximate surface area is 126 Å². The van der Waals surface area contributed by atoms with Crippen LogP contribution in [0.15, 0.2) is 5.38 Å². The Kier molecular flexibility index (Phi) is 4.70. The van der Waals surface area contributed by atoms with Crippen molar-refractivity contribution in [2.24, 2.45) is 5.41 Å². The first-order valence-corrected chi connectivity index (χ1v) is 8.44. The third-order valence-electron chi connectivity index (χ3n) is 3.48. The molecule has 0 aromatic carbocycles. The molecule has 1 aliphatic heterocycles. The van der Waals surface area contributed by atoms with Crippen LogP contribution >= 0.6 is 23.1 Å². The summed E-state index contributed by atoms with van der Waals surface area (Å²) in [4.78, 5) is 29.2. The van der Waals surface area contributed by atoms with Crippen LogP contribution in [0.25, 0.3) is 0 Å². The van der Waals surface area contributed by atoms with E-state index in [9.17, 15) is 9.59 Å². The summed E-state index contributed by atoms with van der Waals surface area (Å²) in [7, 11) is 0. The molecule has 2 rings (SSSR count). The van der Waals surface area contributed by atoms with Gasteiger partial charge in [-0.2, -0.15) is 0 Å². The third kappa shape index (κ3) is 3.52. The van der Waals surface area contributed by atoms with Crippen LogP contribution in [0.5, 0.6) is 0 Å². The Morgan fingerprint density at radius 2 is 2.35 bits per heavy atom. The number of carboxylic acids is 1. The molecule has 1 aromatic rings. The molecule has 20 heavy (non-hydrogen) atoms. The highest BCUT2D eigenvalue weighted by molar-refractivity contribution is 7.99. The van der Waals surface area contributed by atoms with E-state index in [4.69, 9.17) is 5.11 Å². The topological polar surface area (TPSA) is 70.5 Å². The van der Waals surface area contributed by atoms with Gasteiger partial charge in [0, 0.05) is 24.2 Å². The number of carbonyl (C=O) groups is 2. The average Bonchev–Trinajstić information content (AvgIpc) is 2.97. The van der Waals surface area contributed by atoms with Crippen molar-refractivity contribution in [1.29, 1.82) is 0 Å². The van der Waals surface area contributed by atoms with Crippen LogP contribution in [0.1, 0.15) is 24.0 Å². The van der Waals surface area contributed by atoms with Crippen LogP contribution in [-0.4, -0.2) is 45.7 Å². The van der Waals surface area contributed by atoms with Gasteiger partial charge in [0.15, 0.2) is 0 Å². The highest BCUT2D eigenvalue weighted by atomic mass is 32.2. The molecular formula is C13H18N2O3S2. The smallest absolute Gasteiger partial charge is 0.311 e. The van der Waals surface area contributed by atoms with Gasteiger partial charge in [0.05, 0.1) is 21.9 Å². The summed E-state index contributed by atoms with van der Waals surface area (Å²) in [6, 6.07) is 0. The molecule has 1 atom stereocenters. The first-order valence-electron chi connectivity index (χ1n) is 6.41. The minimum Gasteiger partial charge on any atom is -0.481 e. The Morgan fingerprint density at radius 3 is 2.90 bits per heavy atom. The lowest BCUT2D eigenvalue weighted by atomic mass is 9.90. The van der Waals surface area contributed by atoms with Gasteiger partial charge in [0.25, 0.3) is 0 Å². The second kappa shape index (κ2) is 6.13. The molecular weight excluding hydrogens is 296 g/mol. The zero-order valence-electron chi connectivity index (χ0n) is 11.6. The molecule has 0 aliphatic carbocycles. The fourth-order valence-corrected chi connectivity index (χ4v) is 3.69. The number of rotatable bonds is 5. The molecule has 0 radical (unpaired) electrons. The van der Waals surface area contributed by atoms with E-state index < -0.39 is 11.4 Å². The number of nitrogens with zero attached hydrogens (tertiary/aromatic N) is 2. The predicted molar refractivity (Wildman–Crippen MR) is 80.0 cm³/mol. The summed E-state index contributed by atoms with van der Waals surface area (Å²) < 4.78 is 0. The molecule has 5 nitrogen and oxygen atoms in total. The summed E-state index contributed by atoms with van der Waals surface area (Å²) in [5.41, 5.74) is 0.217. The Morgan fingerprint density at radius 1 is 1.60 bits per heavy atom. The van der Waals surface area contributed by atoms with Gasteiger partial charge in [-0.3, -0.25) is 9.59 Å². The fourth-order valence-electron chi connectivity index (χ4n) is 2.16. The highest BCUT2D eigenvalue weighted by Crippen LogP contribution is 2.30. The number of aliphatic carboxylic acids is 1. The number of carboxylic acid groups (broad SMARTS) is 1. The molecule has 0 bridgehead atoms. The maximum atomic E-state index is 12.0. The molecule has 1 saturated heterocycles. The zero-order valence-corrected chi connectivity index (χ0v) is 13.2. The van der Waals surface area contributed by atoms with E-state index >= 15 is 0 Å². The van der Waals surface area contributed by atoms with E-state index in [2.05, 4.69) is 4.98 Å². The van der Waals surface area contributed by atoms with E-state index in [-0.39, 0.29) is 5.91 Å².